The van der Waals surface area contributed by atoms with Crippen LogP contribution in [0.25, 0.3) is 0 Å². The molecule has 8 nitrogen and oxygen atoms in total. The lowest BCUT2D eigenvalue weighted by atomic mass is 10.1. The van der Waals surface area contributed by atoms with Gasteiger partial charge in [0.25, 0.3) is 11.6 Å². The molecule has 0 atom stereocenters. The van der Waals surface area contributed by atoms with E-state index in [2.05, 4.69) is 0 Å². The highest BCUT2D eigenvalue weighted by atomic mass is 16.6. The van der Waals surface area contributed by atoms with E-state index in [9.17, 15) is 19.7 Å². The monoisotopic (exact) mass is 333 g/mol. The van der Waals surface area contributed by atoms with Gasteiger partial charge in [0.15, 0.2) is 0 Å². The minimum absolute atomic E-state index is 0.0232. The number of amides is 3. The Labute approximate surface area is 139 Å². The van der Waals surface area contributed by atoms with Crippen molar-refractivity contribution in [3.8, 4) is 5.75 Å². The highest BCUT2D eigenvalue weighted by Gasteiger charge is 2.43. The number of non-ortho nitro benzene ring substituents is 1. The van der Waals surface area contributed by atoms with E-state index in [0.29, 0.717) is 11.3 Å². The number of benzene rings is 1. The van der Waals surface area contributed by atoms with E-state index < -0.39 is 4.92 Å². The third-order valence-corrected chi connectivity index (χ3v) is 4.02. The lowest BCUT2D eigenvalue weighted by Gasteiger charge is -2.19. The standard InChI is InChI=1S/C16H19N3O5/c1-10(2)24-14-6-5-13(19(22)23)7-11(14)8-18-15(20)9-17(16(18)21)12-3-4-12/h5-7,10,12H,3-4,8-9H2,1-2H3. The zero-order valence-corrected chi connectivity index (χ0v) is 13.6. The Morgan fingerprint density at radius 2 is 2.04 bits per heavy atom. The smallest absolute Gasteiger partial charge is 0.327 e. The van der Waals surface area contributed by atoms with Crippen LogP contribution in [0.5, 0.6) is 5.75 Å². The van der Waals surface area contributed by atoms with E-state index in [4.69, 9.17) is 4.74 Å². The second-order valence-corrected chi connectivity index (χ2v) is 6.34. The molecule has 128 valence electrons. The van der Waals surface area contributed by atoms with E-state index in [-0.39, 0.29) is 42.9 Å². The van der Waals surface area contributed by atoms with E-state index in [1.54, 1.807) is 4.90 Å². The summed E-state index contributed by atoms with van der Waals surface area (Å²) in [7, 11) is 0. The summed E-state index contributed by atoms with van der Waals surface area (Å²) < 4.78 is 5.66. The molecular formula is C16H19N3O5. The molecule has 1 aliphatic heterocycles. The zero-order chi connectivity index (χ0) is 17.4. The number of hydrogen-bond donors (Lipinski definition) is 0. The third-order valence-electron chi connectivity index (χ3n) is 4.02. The van der Waals surface area contributed by atoms with Crippen molar-refractivity contribution in [3.05, 3.63) is 33.9 Å². The molecule has 0 aromatic heterocycles. The fourth-order valence-corrected chi connectivity index (χ4v) is 2.73. The second kappa shape index (κ2) is 6.10. The van der Waals surface area contributed by atoms with Crippen molar-refractivity contribution in [1.29, 1.82) is 0 Å². The van der Waals surface area contributed by atoms with Gasteiger partial charge in [-0.15, -0.1) is 0 Å². The molecule has 3 amide bonds. The molecule has 3 rings (SSSR count). The fraction of sp³-hybridized carbons (Fsp3) is 0.500. The van der Waals surface area contributed by atoms with Crippen LogP contribution in [0.2, 0.25) is 0 Å². The van der Waals surface area contributed by atoms with Crippen molar-refractivity contribution >= 4 is 17.6 Å². The first-order valence-electron chi connectivity index (χ1n) is 7.91. The summed E-state index contributed by atoms with van der Waals surface area (Å²) in [6.45, 7) is 3.74. The molecule has 1 heterocycles. The molecular weight excluding hydrogens is 314 g/mol. The molecule has 0 unspecified atom stereocenters. The molecule has 1 aromatic carbocycles. The SMILES string of the molecule is CC(C)Oc1ccc([N+](=O)[O-])cc1CN1C(=O)CN(C2CC2)C1=O. The van der Waals surface area contributed by atoms with Gasteiger partial charge in [-0.2, -0.15) is 0 Å². The van der Waals surface area contributed by atoms with E-state index in [1.165, 1.54) is 18.2 Å². The van der Waals surface area contributed by atoms with Gasteiger partial charge in [0.05, 0.1) is 17.6 Å². The Morgan fingerprint density at radius 3 is 2.62 bits per heavy atom. The molecule has 2 aliphatic rings. The quantitative estimate of drug-likeness (QED) is 0.452. The molecule has 8 heteroatoms. The first kappa shape index (κ1) is 16.2. The summed E-state index contributed by atoms with van der Waals surface area (Å²) in [5.74, 6) is 0.162. The Kier molecular flexibility index (Phi) is 4.13. The lowest BCUT2D eigenvalue weighted by Crippen LogP contribution is -2.33. The number of carbonyl (C=O) groups is 2. The topological polar surface area (TPSA) is 93.0 Å². The minimum atomic E-state index is -0.507. The number of carbonyl (C=O) groups excluding carboxylic acids is 2. The van der Waals surface area contributed by atoms with E-state index in [1.807, 2.05) is 13.8 Å². The number of urea groups is 1. The summed E-state index contributed by atoms with van der Waals surface area (Å²) in [4.78, 5) is 37.8. The molecule has 1 saturated carbocycles. The van der Waals surface area contributed by atoms with Crippen LogP contribution >= 0.6 is 0 Å². The molecule has 1 aliphatic carbocycles. The van der Waals surface area contributed by atoms with Crippen LogP contribution in [0.15, 0.2) is 18.2 Å². The van der Waals surface area contributed by atoms with Crippen LogP contribution in [0.1, 0.15) is 32.3 Å². The Morgan fingerprint density at radius 1 is 1.33 bits per heavy atom. The van der Waals surface area contributed by atoms with Gasteiger partial charge in [-0.25, -0.2) is 4.79 Å². The van der Waals surface area contributed by atoms with Crippen molar-refractivity contribution in [3.63, 3.8) is 0 Å². The Balaban J connectivity index is 1.86. The van der Waals surface area contributed by atoms with Gasteiger partial charge < -0.3 is 9.64 Å². The molecule has 24 heavy (non-hydrogen) atoms. The zero-order valence-electron chi connectivity index (χ0n) is 13.6. The molecule has 1 saturated heterocycles. The van der Waals surface area contributed by atoms with Gasteiger partial charge in [0.1, 0.15) is 12.3 Å². The number of nitrogens with zero attached hydrogens (tertiary/aromatic N) is 3. The summed E-state index contributed by atoms with van der Waals surface area (Å²) >= 11 is 0. The molecule has 2 fully saturated rings. The van der Waals surface area contributed by atoms with Crippen LogP contribution in [0.3, 0.4) is 0 Å². The minimum Gasteiger partial charge on any atom is -0.491 e. The van der Waals surface area contributed by atoms with Crippen LogP contribution in [0.4, 0.5) is 10.5 Å². The number of rotatable bonds is 6. The van der Waals surface area contributed by atoms with Crippen LogP contribution in [-0.4, -0.2) is 45.4 Å². The molecule has 0 N–H and O–H groups in total. The van der Waals surface area contributed by atoms with Crippen molar-refractivity contribution in [2.24, 2.45) is 0 Å². The summed E-state index contributed by atoms with van der Waals surface area (Å²) in [6, 6.07) is 4.05. The lowest BCUT2D eigenvalue weighted by molar-refractivity contribution is -0.385. The summed E-state index contributed by atoms with van der Waals surface area (Å²) in [6.07, 6.45) is 1.72. The largest absolute Gasteiger partial charge is 0.491 e. The van der Waals surface area contributed by atoms with Crippen molar-refractivity contribution < 1.29 is 19.2 Å². The van der Waals surface area contributed by atoms with Gasteiger partial charge in [-0.05, 0) is 32.8 Å². The second-order valence-electron chi connectivity index (χ2n) is 6.34. The highest BCUT2D eigenvalue weighted by Crippen LogP contribution is 2.32. The van der Waals surface area contributed by atoms with E-state index >= 15 is 0 Å². The molecule has 0 spiro atoms. The molecule has 0 radical (unpaired) electrons. The van der Waals surface area contributed by atoms with Gasteiger partial charge in [0.2, 0.25) is 0 Å². The fourth-order valence-electron chi connectivity index (χ4n) is 2.73. The number of ether oxygens (including phenoxy) is 1. The summed E-state index contributed by atoms with van der Waals surface area (Å²) in [5.41, 5.74) is 0.358. The Bertz CT molecular complexity index is 699. The van der Waals surface area contributed by atoms with E-state index in [0.717, 1.165) is 17.7 Å². The highest BCUT2D eigenvalue weighted by molar-refractivity contribution is 6.02. The number of imide groups is 1. The number of nitro groups is 1. The summed E-state index contributed by atoms with van der Waals surface area (Å²) in [5, 5.41) is 11.0. The maximum Gasteiger partial charge on any atom is 0.327 e. The van der Waals surface area contributed by atoms with Crippen molar-refractivity contribution in [1.82, 2.24) is 9.80 Å². The van der Waals surface area contributed by atoms with Crippen molar-refractivity contribution in [2.75, 3.05) is 6.54 Å². The normalized spacial score (nSPS) is 17.8. The van der Waals surface area contributed by atoms with Gasteiger partial charge >= 0.3 is 6.03 Å². The van der Waals surface area contributed by atoms with Crippen LogP contribution in [-0.2, 0) is 11.3 Å². The molecule has 0 bridgehead atoms. The maximum atomic E-state index is 12.4. The molecule has 1 aromatic rings. The first-order chi connectivity index (χ1) is 11.4. The average Bonchev–Trinajstić information content (AvgIpc) is 3.30. The third kappa shape index (κ3) is 3.17. The number of hydrogen-bond acceptors (Lipinski definition) is 5. The predicted molar refractivity (Wildman–Crippen MR) is 84.5 cm³/mol. The average molecular weight is 333 g/mol. The predicted octanol–water partition coefficient (Wildman–Crippen LogP) is 2.31. The Hall–Kier alpha value is -2.64. The van der Waals surface area contributed by atoms with Crippen LogP contribution in [0, 0.1) is 10.1 Å². The number of nitro benzene ring substituents is 1. The van der Waals surface area contributed by atoms with Gasteiger partial charge in [-0.1, -0.05) is 0 Å². The van der Waals surface area contributed by atoms with Crippen LogP contribution < -0.4 is 4.74 Å². The first-order valence-corrected chi connectivity index (χ1v) is 7.91. The van der Waals surface area contributed by atoms with Gasteiger partial charge in [-0.3, -0.25) is 19.8 Å². The van der Waals surface area contributed by atoms with Crippen molar-refractivity contribution in [2.45, 2.75) is 45.4 Å². The maximum absolute atomic E-state index is 12.4. The van der Waals surface area contributed by atoms with Gasteiger partial charge in [0, 0.05) is 23.7 Å².